The van der Waals surface area contributed by atoms with Crippen LogP contribution in [-0.4, -0.2) is 16.5 Å². The monoisotopic (exact) mass is 222 g/mol. The Bertz CT molecular complexity index is 343. The van der Waals surface area contributed by atoms with E-state index < -0.39 is 5.60 Å². The second-order valence-corrected chi connectivity index (χ2v) is 7.01. The Morgan fingerprint density at radius 1 is 1.19 bits per heavy atom. The van der Waals surface area contributed by atoms with Gasteiger partial charge in [0.2, 0.25) is 0 Å². The predicted molar refractivity (Wildman–Crippen MR) is 61.8 cm³/mol. The SMILES string of the molecule is CC1(C)[C@@H]2[C@H]3[C@H](CCC(=O)[C@H]21)CC[C@]3(C)O. The molecule has 0 spiro atoms. The average molecular weight is 222 g/mol. The maximum atomic E-state index is 12.0. The van der Waals surface area contributed by atoms with Crippen molar-refractivity contribution in [1.82, 2.24) is 0 Å². The van der Waals surface area contributed by atoms with Crippen LogP contribution in [0.5, 0.6) is 0 Å². The zero-order chi connectivity index (χ0) is 11.7. The second-order valence-electron chi connectivity index (χ2n) is 7.01. The lowest BCUT2D eigenvalue weighted by molar-refractivity contribution is -0.121. The molecule has 3 aliphatic rings. The Morgan fingerprint density at radius 3 is 2.56 bits per heavy atom. The standard InChI is InChI=1S/C14H22O2/c1-13(2)11-9(15)5-4-8-6-7-14(3,16)10(8)12(11)13/h8,10-12,16H,4-7H2,1-3H3/t8-,10-,11-,12-,14+/m1/s1. The quantitative estimate of drug-likeness (QED) is 0.683. The molecule has 16 heavy (non-hydrogen) atoms. The van der Waals surface area contributed by atoms with E-state index in [2.05, 4.69) is 13.8 Å². The van der Waals surface area contributed by atoms with Crippen LogP contribution in [0.4, 0.5) is 0 Å². The van der Waals surface area contributed by atoms with Crippen LogP contribution in [0.1, 0.15) is 46.5 Å². The Morgan fingerprint density at radius 2 is 1.88 bits per heavy atom. The fraction of sp³-hybridized carbons (Fsp3) is 0.929. The first-order chi connectivity index (χ1) is 7.36. The van der Waals surface area contributed by atoms with Crippen LogP contribution in [0.3, 0.4) is 0 Å². The van der Waals surface area contributed by atoms with E-state index in [-0.39, 0.29) is 11.3 Å². The predicted octanol–water partition coefficient (Wildman–Crippen LogP) is 2.40. The number of rotatable bonds is 0. The number of carbonyl (C=O) groups is 1. The van der Waals surface area contributed by atoms with E-state index in [1.165, 1.54) is 0 Å². The van der Waals surface area contributed by atoms with Gasteiger partial charge in [0.1, 0.15) is 5.78 Å². The molecule has 0 bridgehead atoms. The molecule has 0 saturated heterocycles. The molecule has 1 N–H and O–H groups in total. The molecule has 0 aliphatic heterocycles. The number of carbonyl (C=O) groups excluding carboxylic acids is 1. The van der Waals surface area contributed by atoms with Crippen molar-refractivity contribution in [1.29, 1.82) is 0 Å². The summed E-state index contributed by atoms with van der Waals surface area (Å²) in [6, 6.07) is 0. The van der Waals surface area contributed by atoms with Crippen LogP contribution >= 0.6 is 0 Å². The van der Waals surface area contributed by atoms with Gasteiger partial charge in [-0.05, 0) is 49.4 Å². The van der Waals surface area contributed by atoms with Crippen molar-refractivity contribution >= 4 is 5.78 Å². The summed E-state index contributed by atoms with van der Waals surface area (Å²) in [5, 5.41) is 10.5. The van der Waals surface area contributed by atoms with E-state index >= 15 is 0 Å². The van der Waals surface area contributed by atoms with Crippen molar-refractivity contribution in [3.63, 3.8) is 0 Å². The minimum absolute atomic E-state index is 0.148. The molecule has 5 atom stereocenters. The minimum Gasteiger partial charge on any atom is -0.390 e. The smallest absolute Gasteiger partial charge is 0.136 e. The lowest BCUT2D eigenvalue weighted by Gasteiger charge is -2.30. The van der Waals surface area contributed by atoms with E-state index in [0.29, 0.717) is 23.5 Å². The van der Waals surface area contributed by atoms with Gasteiger partial charge in [-0.3, -0.25) is 4.79 Å². The van der Waals surface area contributed by atoms with E-state index in [0.717, 1.165) is 25.7 Å². The first-order valence-electron chi connectivity index (χ1n) is 6.61. The fourth-order valence-corrected chi connectivity index (χ4v) is 4.78. The number of ketones is 1. The van der Waals surface area contributed by atoms with Crippen molar-refractivity contribution in [3.8, 4) is 0 Å². The van der Waals surface area contributed by atoms with Crippen LogP contribution in [0.15, 0.2) is 0 Å². The molecule has 2 heteroatoms. The number of aliphatic hydroxyl groups is 1. The molecule has 3 rings (SSSR count). The largest absolute Gasteiger partial charge is 0.390 e. The van der Waals surface area contributed by atoms with Gasteiger partial charge in [0.15, 0.2) is 0 Å². The van der Waals surface area contributed by atoms with Crippen LogP contribution < -0.4 is 0 Å². The molecule has 0 radical (unpaired) electrons. The lowest BCUT2D eigenvalue weighted by Crippen LogP contribution is -2.34. The van der Waals surface area contributed by atoms with Crippen molar-refractivity contribution in [2.75, 3.05) is 0 Å². The summed E-state index contributed by atoms with van der Waals surface area (Å²) < 4.78 is 0. The van der Waals surface area contributed by atoms with Crippen molar-refractivity contribution in [3.05, 3.63) is 0 Å². The highest BCUT2D eigenvalue weighted by atomic mass is 16.3. The topological polar surface area (TPSA) is 37.3 Å². The highest BCUT2D eigenvalue weighted by molar-refractivity contribution is 5.85. The molecule has 0 aromatic heterocycles. The van der Waals surface area contributed by atoms with Crippen molar-refractivity contribution < 1.29 is 9.90 Å². The first kappa shape index (κ1) is 10.8. The Hall–Kier alpha value is -0.370. The number of hydrogen-bond donors (Lipinski definition) is 1. The van der Waals surface area contributed by atoms with Gasteiger partial charge < -0.3 is 5.11 Å². The molecule has 3 aliphatic carbocycles. The summed E-state index contributed by atoms with van der Waals surface area (Å²) in [4.78, 5) is 12.0. The van der Waals surface area contributed by atoms with Gasteiger partial charge in [-0.2, -0.15) is 0 Å². The van der Waals surface area contributed by atoms with E-state index in [1.807, 2.05) is 6.92 Å². The van der Waals surface area contributed by atoms with Gasteiger partial charge in [-0.1, -0.05) is 13.8 Å². The third-order valence-corrected chi connectivity index (χ3v) is 5.65. The molecule has 0 unspecified atom stereocenters. The maximum Gasteiger partial charge on any atom is 0.136 e. The normalized spacial score (nSPS) is 54.1. The zero-order valence-corrected chi connectivity index (χ0v) is 10.5. The maximum absolute atomic E-state index is 12.0. The molecule has 3 fully saturated rings. The fourth-order valence-electron chi connectivity index (χ4n) is 4.78. The van der Waals surface area contributed by atoms with Crippen LogP contribution in [0, 0.1) is 29.1 Å². The Kier molecular flexibility index (Phi) is 1.95. The third kappa shape index (κ3) is 1.20. The third-order valence-electron chi connectivity index (χ3n) is 5.65. The number of Topliss-reactive ketones (excluding diaryl/α,β-unsaturated/α-hetero) is 1. The van der Waals surface area contributed by atoms with Crippen LogP contribution in [0.2, 0.25) is 0 Å². The summed E-state index contributed by atoms with van der Waals surface area (Å²) in [6.07, 6.45) is 3.81. The molecular weight excluding hydrogens is 200 g/mol. The highest BCUT2D eigenvalue weighted by Crippen LogP contribution is 2.69. The van der Waals surface area contributed by atoms with Gasteiger partial charge in [0, 0.05) is 12.3 Å². The summed E-state index contributed by atoms with van der Waals surface area (Å²) in [7, 11) is 0. The minimum atomic E-state index is -0.522. The Labute approximate surface area is 97.4 Å². The second kappa shape index (κ2) is 2.90. The van der Waals surface area contributed by atoms with Gasteiger partial charge in [-0.15, -0.1) is 0 Å². The summed E-state index contributed by atoms with van der Waals surface area (Å²) in [5.41, 5.74) is -0.374. The molecular formula is C14H22O2. The van der Waals surface area contributed by atoms with Crippen molar-refractivity contribution in [2.24, 2.45) is 29.1 Å². The van der Waals surface area contributed by atoms with Gasteiger partial charge >= 0.3 is 0 Å². The molecule has 0 aromatic rings. The zero-order valence-electron chi connectivity index (χ0n) is 10.5. The average Bonchev–Trinajstić information content (AvgIpc) is 2.65. The summed E-state index contributed by atoms with van der Waals surface area (Å²) in [5.74, 6) is 2.12. The molecule has 0 amide bonds. The van der Waals surface area contributed by atoms with E-state index in [1.54, 1.807) is 0 Å². The van der Waals surface area contributed by atoms with Crippen molar-refractivity contribution in [2.45, 2.75) is 52.1 Å². The van der Waals surface area contributed by atoms with Crippen LogP contribution in [-0.2, 0) is 4.79 Å². The number of fused-ring (bicyclic) bond motifs is 3. The first-order valence-corrected chi connectivity index (χ1v) is 6.61. The molecule has 2 nitrogen and oxygen atoms in total. The lowest BCUT2D eigenvalue weighted by atomic mass is 9.79. The van der Waals surface area contributed by atoms with Gasteiger partial charge in [0.25, 0.3) is 0 Å². The molecule has 0 aromatic carbocycles. The van der Waals surface area contributed by atoms with Gasteiger partial charge in [0.05, 0.1) is 5.60 Å². The number of hydrogen-bond acceptors (Lipinski definition) is 2. The molecule has 0 heterocycles. The van der Waals surface area contributed by atoms with Gasteiger partial charge in [-0.25, -0.2) is 0 Å². The van der Waals surface area contributed by atoms with E-state index in [9.17, 15) is 9.90 Å². The van der Waals surface area contributed by atoms with E-state index in [4.69, 9.17) is 0 Å². The van der Waals surface area contributed by atoms with Crippen LogP contribution in [0.25, 0.3) is 0 Å². The Balaban J connectivity index is 1.97. The summed E-state index contributed by atoms with van der Waals surface area (Å²) >= 11 is 0. The summed E-state index contributed by atoms with van der Waals surface area (Å²) in [6.45, 7) is 6.40. The molecule has 3 saturated carbocycles. The highest BCUT2D eigenvalue weighted by Gasteiger charge is 2.69. The molecule has 90 valence electrons.